The van der Waals surface area contributed by atoms with Gasteiger partial charge in [0.15, 0.2) is 5.17 Å². The normalized spacial score (nSPS) is 19.6. The zero-order valence-electron chi connectivity index (χ0n) is 9.71. The van der Waals surface area contributed by atoms with E-state index in [2.05, 4.69) is 80.9 Å². The van der Waals surface area contributed by atoms with Gasteiger partial charge in [-0.05, 0) is 62.6 Å². The van der Waals surface area contributed by atoms with E-state index < -0.39 is 0 Å². The third-order valence-electron chi connectivity index (χ3n) is 2.59. The van der Waals surface area contributed by atoms with Crippen molar-refractivity contribution in [1.29, 1.82) is 0 Å². The van der Waals surface area contributed by atoms with E-state index in [9.17, 15) is 0 Å². The smallest absolute Gasteiger partial charge is 0.161 e. The Morgan fingerprint density at radius 2 is 2.29 bits per heavy atom. The highest BCUT2D eigenvalue weighted by molar-refractivity contribution is 14.1. The van der Waals surface area contributed by atoms with Gasteiger partial charge < -0.3 is 5.32 Å². The van der Waals surface area contributed by atoms with Gasteiger partial charge in [-0.1, -0.05) is 25.6 Å². The fraction of sp³-hybridized carbons (Fsp3) is 0.417. The molecule has 0 aromatic heterocycles. The number of anilines is 1. The molecule has 5 heteroatoms. The molecule has 0 bridgehead atoms. The maximum atomic E-state index is 4.55. The van der Waals surface area contributed by atoms with Crippen molar-refractivity contribution in [3.05, 3.63) is 26.2 Å². The fourth-order valence-electron chi connectivity index (χ4n) is 1.52. The first-order chi connectivity index (χ1) is 8.06. The number of thioether (sulfide) groups is 1. The molecule has 0 radical (unpaired) electrons. The third-order valence-corrected chi connectivity index (χ3v) is 5.40. The highest BCUT2D eigenvalue weighted by Gasteiger charge is 2.22. The molecule has 1 aliphatic rings. The zero-order valence-corrected chi connectivity index (χ0v) is 14.3. The first-order valence-corrected chi connectivity index (χ1v) is 8.24. The Morgan fingerprint density at radius 1 is 1.53 bits per heavy atom. The van der Waals surface area contributed by atoms with Crippen LogP contribution in [0.25, 0.3) is 0 Å². The summed E-state index contributed by atoms with van der Waals surface area (Å²) in [7, 11) is 0. The molecule has 17 heavy (non-hydrogen) atoms. The van der Waals surface area contributed by atoms with Crippen molar-refractivity contribution < 1.29 is 0 Å². The zero-order chi connectivity index (χ0) is 12.4. The van der Waals surface area contributed by atoms with Gasteiger partial charge in [0.2, 0.25) is 0 Å². The van der Waals surface area contributed by atoms with Crippen LogP contribution in [0.3, 0.4) is 0 Å². The molecule has 1 aliphatic heterocycles. The Kier molecular flexibility index (Phi) is 4.77. The number of benzene rings is 1. The standard InChI is InChI=1S/C12H14BrIN2S/c1-7(2)11-6-15-12(17-11)16-10-5-8(14)3-4-9(10)13/h3-5,7,11H,6H2,1-2H3,(H,15,16). The van der Waals surface area contributed by atoms with E-state index >= 15 is 0 Å². The second-order valence-electron chi connectivity index (χ2n) is 4.30. The van der Waals surface area contributed by atoms with Crippen molar-refractivity contribution in [1.82, 2.24) is 0 Å². The van der Waals surface area contributed by atoms with Gasteiger partial charge in [0.05, 0.1) is 12.2 Å². The van der Waals surface area contributed by atoms with E-state index in [1.807, 2.05) is 11.8 Å². The molecule has 1 heterocycles. The lowest BCUT2D eigenvalue weighted by Gasteiger charge is -2.13. The topological polar surface area (TPSA) is 24.4 Å². The molecule has 1 unspecified atom stereocenters. The number of amidine groups is 1. The van der Waals surface area contributed by atoms with Crippen LogP contribution >= 0.6 is 50.3 Å². The molecule has 1 aromatic rings. The van der Waals surface area contributed by atoms with E-state index in [1.165, 1.54) is 3.57 Å². The Hall–Kier alpha value is 0.250. The van der Waals surface area contributed by atoms with Crippen LogP contribution in [0.1, 0.15) is 13.8 Å². The van der Waals surface area contributed by atoms with Gasteiger partial charge in [-0.25, -0.2) is 0 Å². The van der Waals surface area contributed by atoms with Crippen molar-refractivity contribution >= 4 is 61.1 Å². The monoisotopic (exact) mass is 424 g/mol. The highest BCUT2D eigenvalue weighted by Crippen LogP contribution is 2.30. The molecule has 0 spiro atoms. The Balaban J connectivity index is 2.05. The number of rotatable bonds is 2. The Bertz CT molecular complexity index is 448. The fourth-order valence-corrected chi connectivity index (χ4v) is 3.38. The minimum absolute atomic E-state index is 0.610. The molecule has 92 valence electrons. The number of aliphatic imine (C=N–C) groups is 1. The van der Waals surface area contributed by atoms with Crippen LogP contribution in [-0.4, -0.2) is 17.0 Å². The van der Waals surface area contributed by atoms with Gasteiger partial charge in [0, 0.05) is 13.3 Å². The van der Waals surface area contributed by atoms with Crippen LogP contribution in [0.15, 0.2) is 27.7 Å². The lowest BCUT2D eigenvalue weighted by molar-refractivity contribution is 0.621. The second-order valence-corrected chi connectivity index (χ2v) is 7.62. The SMILES string of the molecule is CC(C)C1CN=C(Nc2cc(I)ccc2Br)S1. The van der Waals surface area contributed by atoms with Gasteiger partial charge in [-0.2, -0.15) is 0 Å². The number of nitrogens with one attached hydrogen (secondary N) is 1. The number of halogens is 2. The number of hydrogen-bond acceptors (Lipinski definition) is 3. The molecule has 0 fully saturated rings. The van der Waals surface area contributed by atoms with Crippen LogP contribution in [0.2, 0.25) is 0 Å². The molecular formula is C12H14BrIN2S. The quantitative estimate of drug-likeness (QED) is 0.702. The molecule has 0 aliphatic carbocycles. The maximum Gasteiger partial charge on any atom is 0.161 e. The van der Waals surface area contributed by atoms with Crippen molar-refractivity contribution in [3.63, 3.8) is 0 Å². The summed E-state index contributed by atoms with van der Waals surface area (Å²) in [6.45, 7) is 5.42. The summed E-state index contributed by atoms with van der Waals surface area (Å²) in [5.41, 5.74) is 1.09. The van der Waals surface area contributed by atoms with Crippen molar-refractivity contribution in [3.8, 4) is 0 Å². The van der Waals surface area contributed by atoms with Crippen LogP contribution in [0.4, 0.5) is 5.69 Å². The first-order valence-electron chi connectivity index (χ1n) is 5.49. The van der Waals surface area contributed by atoms with E-state index in [-0.39, 0.29) is 0 Å². The maximum absolute atomic E-state index is 4.55. The highest BCUT2D eigenvalue weighted by atomic mass is 127. The lowest BCUT2D eigenvalue weighted by Crippen LogP contribution is -2.13. The summed E-state index contributed by atoms with van der Waals surface area (Å²) in [5, 5.41) is 5.04. The molecule has 2 nitrogen and oxygen atoms in total. The van der Waals surface area contributed by atoms with E-state index in [4.69, 9.17) is 0 Å². The van der Waals surface area contributed by atoms with Gasteiger partial charge in [0.1, 0.15) is 0 Å². The van der Waals surface area contributed by atoms with E-state index in [0.717, 1.165) is 21.9 Å². The Morgan fingerprint density at radius 3 is 2.94 bits per heavy atom. The molecule has 2 rings (SSSR count). The summed E-state index contributed by atoms with van der Waals surface area (Å²) in [4.78, 5) is 4.55. The predicted octanol–water partition coefficient (Wildman–Crippen LogP) is 4.59. The second kappa shape index (κ2) is 5.93. The number of hydrogen-bond donors (Lipinski definition) is 1. The van der Waals surface area contributed by atoms with Crippen LogP contribution in [-0.2, 0) is 0 Å². The summed E-state index contributed by atoms with van der Waals surface area (Å²) >= 11 is 7.71. The van der Waals surface area contributed by atoms with Gasteiger partial charge >= 0.3 is 0 Å². The predicted molar refractivity (Wildman–Crippen MR) is 89.0 cm³/mol. The average molecular weight is 425 g/mol. The van der Waals surface area contributed by atoms with Crippen LogP contribution in [0, 0.1) is 9.49 Å². The summed E-state index contributed by atoms with van der Waals surface area (Å²) in [6, 6.07) is 6.26. The summed E-state index contributed by atoms with van der Waals surface area (Å²) < 4.78 is 2.30. The lowest BCUT2D eigenvalue weighted by atomic mass is 10.1. The van der Waals surface area contributed by atoms with Crippen LogP contribution < -0.4 is 5.32 Å². The van der Waals surface area contributed by atoms with Gasteiger partial charge in [-0.15, -0.1) is 0 Å². The molecule has 0 saturated carbocycles. The molecular weight excluding hydrogens is 411 g/mol. The van der Waals surface area contributed by atoms with Crippen molar-refractivity contribution in [2.24, 2.45) is 10.9 Å². The molecule has 0 amide bonds. The minimum atomic E-state index is 0.610. The average Bonchev–Trinajstić information content (AvgIpc) is 2.72. The summed E-state index contributed by atoms with van der Waals surface area (Å²) in [6.07, 6.45) is 0. The molecule has 0 saturated heterocycles. The van der Waals surface area contributed by atoms with E-state index in [1.54, 1.807) is 0 Å². The van der Waals surface area contributed by atoms with Gasteiger partial charge in [0.25, 0.3) is 0 Å². The largest absolute Gasteiger partial charge is 0.334 e. The third kappa shape index (κ3) is 3.61. The Labute approximate surface area is 128 Å². The van der Waals surface area contributed by atoms with Gasteiger partial charge in [-0.3, -0.25) is 4.99 Å². The van der Waals surface area contributed by atoms with E-state index in [0.29, 0.717) is 11.2 Å². The van der Waals surface area contributed by atoms with Crippen molar-refractivity contribution in [2.45, 2.75) is 19.1 Å². The van der Waals surface area contributed by atoms with Crippen molar-refractivity contribution in [2.75, 3.05) is 11.9 Å². The minimum Gasteiger partial charge on any atom is -0.334 e. The first kappa shape index (κ1) is 13.7. The summed E-state index contributed by atoms with van der Waals surface area (Å²) in [5.74, 6) is 0.669. The molecule has 1 N–H and O–H groups in total. The van der Waals surface area contributed by atoms with Crippen LogP contribution in [0.5, 0.6) is 0 Å². The number of nitrogens with zero attached hydrogens (tertiary/aromatic N) is 1. The molecule has 1 aromatic carbocycles. The molecule has 1 atom stereocenters.